The Morgan fingerprint density at radius 3 is 3.00 bits per heavy atom. The van der Waals surface area contributed by atoms with Crippen molar-refractivity contribution in [1.29, 1.82) is 0 Å². The van der Waals surface area contributed by atoms with Gasteiger partial charge in [-0.05, 0) is 25.6 Å². The summed E-state index contributed by atoms with van der Waals surface area (Å²) in [7, 11) is 1.66. The topological polar surface area (TPSA) is 40.6 Å². The summed E-state index contributed by atoms with van der Waals surface area (Å²) in [5, 5.41) is 7.19. The molecule has 0 unspecified atom stereocenters. The number of ether oxygens (including phenoxy) is 1. The van der Waals surface area contributed by atoms with Crippen LogP contribution in [0.15, 0.2) is 5.38 Å². The van der Waals surface area contributed by atoms with Crippen molar-refractivity contribution in [2.24, 2.45) is 0 Å². The number of hydrogen-bond acceptors (Lipinski definition) is 5. The molecule has 112 valence electrons. The van der Waals surface area contributed by atoms with E-state index in [1.165, 1.54) is 5.69 Å². The number of hydrogen-bond donors (Lipinski definition) is 1. The van der Waals surface area contributed by atoms with Gasteiger partial charge in [-0.3, -0.25) is 4.90 Å². The van der Waals surface area contributed by atoms with Crippen LogP contribution in [0, 0.1) is 6.92 Å². The molecule has 20 heavy (non-hydrogen) atoms. The molecule has 7 heteroatoms. The lowest BCUT2D eigenvalue weighted by Crippen LogP contribution is -2.42. The number of aromatic nitrogens is 1. The van der Waals surface area contributed by atoms with E-state index in [1.54, 1.807) is 18.4 Å². The van der Waals surface area contributed by atoms with Gasteiger partial charge in [-0.1, -0.05) is 0 Å². The summed E-state index contributed by atoms with van der Waals surface area (Å²) >= 11 is 7.10. The van der Waals surface area contributed by atoms with Crippen LogP contribution in [-0.2, 0) is 11.3 Å². The minimum Gasteiger partial charge on any atom is -0.365 e. The van der Waals surface area contributed by atoms with Gasteiger partial charge in [0.15, 0.2) is 5.11 Å². The molecule has 1 fully saturated rings. The first-order valence-corrected chi connectivity index (χ1v) is 8.13. The Morgan fingerprint density at radius 1 is 1.45 bits per heavy atom. The van der Waals surface area contributed by atoms with E-state index in [1.807, 2.05) is 0 Å². The molecule has 0 aromatic carbocycles. The summed E-state index contributed by atoms with van der Waals surface area (Å²) in [6.45, 7) is 7.54. The fraction of sp³-hybridized carbons (Fsp3) is 0.692. The third-order valence-corrected chi connectivity index (χ3v) is 4.52. The maximum Gasteiger partial charge on any atom is 0.170 e. The number of rotatable bonds is 4. The average molecular weight is 314 g/mol. The first-order valence-electron chi connectivity index (χ1n) is 6.84. The van der Waals surface area contributed by atoms with Crippen LogP contribution in [0.4, 0.5) is 0 Å². The average Bonchev–Trinajstić information content (AvgIpc) is 2.71. The Balaban J connectivity index is 1.81. The predicted molar refractivity (Wildman–Crippen MR) is 85.9 cm³/mol. The van der Waals surface area contributed by atoms with Crippen molar-refractivity contribution in [3.63, 3.8) is 0 Å². The van der Waals surface area contributed by atoms with Crippen molar-refractivity contribution in [2.45, 2.75) is 19.9 Å². The molecule has 1 N–H and O–H groups in total. The Morgan fingerprint density at radius 2 is 2.30 bits per heavy atom. The highest BCUT2D eigenvalue weighted by Gasteiger charge is 2.17. The summed E-state index contributed by atoms with van der Waals surface area (Å²) in [6.07, 6.45) is 1.12. The second kappa shape index (κ2) is 7.87. The van der Waals surface area contributed by atoms with Crippen molar-refractivity contribution in [3.05, 3.63) is 16.1 Å². The highest BCUT2D eigenvalue weighted by Crippen LogP contribution is 2.12. The van der Waals surface area contributed by atoms with Crippen LogP contribution in [0.25, 0.3) is 0 Å². The molecule has 0 amide bonds. The second-order valence-corrected chi connectivity index (χ2v) is 6.34. The SMILES string of the molecule is COCNC(=S)N1CCCN(Cc2csc(C)n2)CC1. The summed E-state index contributed by atoms with van der Waals surface area (Å²) in [6, 6.07) is 0. The molecule has 0 bridgehead atoms. The molecule has 2 rings (SSSR count). The van der Waals surface area contributed by atoms with Crippen molar-refractivity contribution in [1.82, 2.24) is 20.1 Å². The highest BCUT2D eigenvalue weighted by molar-refractivity contribution is 7.80. The highest BCUT2D eigenvalue weighted by atomic mass is 32.1. The third-order valence-electron chi connectivity index (χ3n) is 3.30. The largest absolute Gasteiger partial charge is 0.365 e. The Hall–Kier alpha value is -0.760. The monoisotopic (exact) mass is 314 g/mol. The Labute approximate surface area is 129 Å². The van der Waals surface area contributed by atoms with Gasteiger partial charge >= 0.3 is 0 Å². The van der Waals surface area contributed by atoms with E-state index in [0.29, 0.717) is 6.73 Å². The molecular formula is C13H22N4OS2. The molecule has 2 heterocycles. The molecule has 1 aromatic heterocycles. The van der Waals surface area contributed by atoms with Gasteiger partial charge < -0.3 is 15.0 Å². The van der Waals surface area contributed by atoms with Crippen LogP contribution >= 0.6 is 23.6 Å². The lowest BCUT2D eigenvalue weighted by molar-refractivity contribution is 0.188. The summed E-state index contributed by atoms with van der Waals surface area (Å²) in [5.41, 5.74) is 1.18. The Bertz CT molecular complexity index is 438. The lowest BCUT2D eigenvalue weighted by atomic mass is 10.3. The van der Waals surface area contributed by atoms with E-state index in [2.05, 4.69) is 32.4 Å². The fourth-order valence-corrected chi connectivity index (χ4v) is 3.13. The van der Waals surface area contributed by atoms with Crippen LogP contribution in [0.5, 0.6) is 0 Å². The predicted octanol–water partition coefficient (Wildman–Crippen LogP) is 1.44. The number of thiocarbonyl (C=S) groups is 1. The number of nitrogens with zero attached hydrogens (tertiary/aromatic N) is 3. The minimum absolute atomic E-state index is 0.469. The number of thiazole rings is 1. The van der Waals surface area contributed by atoms with Gasteiger partial charge in [-0.15, -0.1) is 11.3 Å². The van der Waals surface area contributed by atoms with Gasteiger partial charge in [-0.2, -0.15) is 0 Å². The smallest absolute Gasteiger partial charge is 0.170 e. The van der Waals surface area contributed by atoms with E-state index in [0.717, 1.165) is 49.3 Å². The van der Waals surface area contributed by atoms with Gasteiger partial charge in [0.25, 0.3) is 0 Å². The van der Waals surface area contributed by atoms with Crippen LogP contribution in [0.3, 0.4) is 0 Å². The molecule has 1 aliphatic rings. The maximum atomic E-state index is 5.38. The molecule has 0 aliphatic carbocycles. The second-order valence-electron chi connectivity index (χ2n) is 4.89. The van der Waals surface area contributed by atoms with Gasteiger partial charge in [0.1, 0.15) is 6.73 Å². The van der Waals surface area contributed by atoms with Gasteiger partial charge in [0, 0.05) is 45.2 Å². The van der Waals surface area contributed by atoms with Crippen LogP contribution in [0.1, 0.15) is 17.1 Å². The Kier molecular flexibility index (Phi) is 6.15. The van der Waals surface area contributed by atoms with Crippen LogP contribution < -0.4 is 5.32 Å². The van der Waals surface area contributed by atoms with Crippen LogP contribution in [-0.4, -0.2) is 59.9 Å². The normalized spacial score (nSPS) is 17.0. The number of methoxy groups -OCH3 is 1. The van der Waals surface area contributed by atoms with Gasteiger partial charge in [0.2, 0.25) is 0 Å². The zero-order valence-electron chi connectivity index (χ0n) is 12.1. The summed E-state index contributed by atoms with van der Waals surface area (Å²) in [5.74, 6) is 0. The maximum absolute atomic E-state index is 5.38. The molecule has 5 nitrogen and oxygen atoms in total. The molecule has 0 spiro atoms. The first kappa shape index (κ1) is 15.6. The van der Waals surface area contributed by atoms with Crippen molar-refractivity contribution in [3.8, 4) is 0 Å². The summed E-state index contributed by atoms with van der Waals surface area (Å²) in [4.78, 5) is 9.21. The van der Waals surface area contributed by atoms with Crippen molar-refractivity contribution >= 4 is 28.7 Å². The molecule has 1 aromatic rings. The molecule has 1 aliphatic heterocycles. The third kappa shape index (κ3) is 4.66. The van der Waals surface area contributed by atoms with Crippen molar-refractivity contribution in [2.75, 3.05) is 40.0 Å². The van der Waals surface area contributed by atoms with E-state index < -0.39 is 0 Å². The van der Waals surface area contributed by atoms with Gasteiger partial charge in [0.05, 0.1) is 10.7 Å². The first-order chi connectivity index (χ1) is 9.69. The van der Waals surface area contributed by atoms with Gasteiger partial charge in [-0.25, -0.2) is 4.98 Å². The van der Waals surface area contributed by atoms with E-state index >= 15 is 0 Å². The molecule has 0 saturated carbocycles. The van der Waals surface area contributed by atoms with E-state index in [4.69, 9.17) is 17.0 Å². The molecular weight excluding hydrogens is 292 g/mol. The van der Waals surface area contributed by atoms with E-state index in [-0.39, 0.29) is 0 Å². The molecule has 0 radical (unpaired) electrons. The zero-order valence-corrected chi connectivity index (χ0v) is 13.7. The van der Waals surface area contributed by atoms with Crippen LogP contribution in [0.2, 0.25) is 0 Å². The molecule has 1 saturated heterocycles. The standard InChI is InChI=1S/C13H22N4OS2/c1-11-15-12(9-20-11)8-16-4-3-5-17(7-6-16)13(19)14-10-18-2/h9H,3-8,10H2,1-2H3,(H,14,19). The number of aryl methyl sites for hydroxylation is 1. The fourth-order valence-electron chi connectivity index (χ4n) is 2.29. The van der Waals surface area contributed by atoms with Crippen molar-refractivity contribution < 1.29 is 4.74 Å². The zero-order chi connectivity index (χ0) is 14.4. The number of nitrogens with one attached hydrogen (secondary N) is 1. The molecule has 0 atom stereocenters. The summed E-state index contributed by atoms with van der Waals surface area (Å²) < 4.78 is 4.99. The minimum atomic E-state index is 0.469. The quantitative estimate of drug-likeness (QED) is 0.670. The van der Waals surface area contributed by atoms with E-state index in [9.17, 15) is 0 Å². The lowest BCUT2D eigenvalue weighted by Gasteiger charge is -2.24.